The van der Waals surface area contributed by atoms with Crippen molar-refractivity contribution in [2.75, 3.05) is 14.2 Å². The lowest BCUT2D eigenvalue weighted by Gasteiger charge is -2.11. The van der Waals surface area contributed by atoms with Gasteiger partial charge in [-0.1, -0.05) is 0 Å². The van der Waals surface area contributed by atoms with Crippen LogP contribution in [-0.2, 0) is 9.47 Å². The molecule has 0 bridgehead atoms. The van der Waals surface area contributed by atoms with Crippen molar-refractivity contribution in [2.24, 2.45) is 5.90 Å². The second-order valence-corrected chi connectivity index (χ2v) is 4.66. The Hall–Kier alpha value is -2.07. The van der Waals surface area contributed by atoms with Gasteiger partial charge in [0.05, 0.1) is 14.2 Å². The monoisotopic (exact) mass is 417 g/mol. The molecule has 2 aromatic carbocycles. The Morgan fingerprint density at radius 1 is 0.909 bits per heavy atom. The van der Waals surface area contributed by atoms with Gasteiger partial charge in [-0.15, -0.1) is 0 Å². The third-order valence-electron chi connectivity index (χ3n) is 3.06. The second-order valence-electron chi connectivity index (χ2n) is 4.22. The van der Waals surface area contributed by atoms with E-state index in [1.54, 1.807) is 41.2 Å². The molecular weight excluding hydrogens is 405 g/mol. The van der Waals surface area contributed by atoms with Crippen molar-refractivity contribution in [1.82, 2.24) is 0 Å². The molecule has 116 valence electrons. The van der Waals surface area contributed by atoms with Crippen LogP contribution in [0.3, 0.4) is 0 Å². The number of rotatable bonds is 4. The third kappa shape index (κ3) is 2.92. The molecule has 0 amide bonds. The summed E-state index contributed by atoms with van der Waals surface area (Å²) < 4.78 is 14.6. The lowest BCUT2D eigenvalue weighted by Crippen LogP contribution is -2.10. The van der Waals surface area contributed by atoms with Crippen LogP contribution in [0, 0.1) is 0 Å². The predicted molar refractivity (Wildman–Crippen MR) is 86.1 cm³/mol. The highest BCUT2D eigenvalue weighted by Gasteiger charge is 2.19. The number of ether oxygens (including phenoxy) is 2. The Balaban J connectivity index is 2.73. The highest BCUT2D eigenvalue weighted by atomic mass is 127. The van der Waals surface area contributed by atoms with Gasteiger partial charge in [-0.2, -0.15) is 5.90 Å². The zero-order valence-corrected chi connectivity index (χ0v) is 13.9. The summed E-state index contributed by atoms with van der Waals surface area (Å²) >= 11 is 1.66. The van der Waals surface area contributed by atoms with Gasteiger partial charge in [0.15, 0.2) is 28.8 Å². The van der Waals surface area contributed by atoms with Crippen LogP contribution in [0.5, 0.6) is 11.5 Å². The second kappa shape index (κ2) is 6.79. The van der Waals surface area contributed by atoms with Crippen LogP contribution in [0.25, 0.3) is 10.8 Å². The molecule has 0 atom stereocenters. The molecule has 0 aliphatic carbocycles. The minimum atomic E-state index is -0.587. The van der Waals surface area contributed by atoms with E-state index in [0.29, 0.717) is 16.5 Å². The van der Waals surface area contributed by atoms with Crippen molar-refractivity contribution in [3.05, 3.63) is 35.4 Å². The summed E-state index contributed by atoms with van der Waals surface area (Å²) in [5, 5.41) is 1.28. The van der Waals surface area contributed by atoms with Crippen LogP contribution in [-0.4, -0.2) is 26.2 Å². The van der Waals surface area contributed by atoms with E-state index >= 15 is 0 Å². The van der Waals surface area contributed by atoms with Crippen LogP contribution in [0.4, 0.5) is 0 Å². The van der Waals surface area contributed by atoms with Gasteiger partial charge in [-0.05, 0) is 35.0 Å². The Morgan fingerprint density at radius 2 is 1.36 bits per heavy atom. The molecule has 0 unspecified atom stereocenters. The molecule has 7 nitrogen and oxygen atoms in total. The van der Waals surface area contributed by atoms with E-state index in [1.807, 2.05) is 0 Å². The molecule has 0 fully saturated rings. The van der Waals surface area contributed by atoms with Gasteiger partial charge in [0, 0.05) is 0 Å². The number of halogens is 1. The van der Waals surface area contributed by atoms with Crippen LogP contribution in [0.2, 0.25) is 0 Å². The molecule has 0 aromatic heterocycles. The average molecular weight is 417 g/mol. The highest BCUT2D eigenvalue weighted by molar-refractivity contribution is 14.1. The number of carbonyl (C=O) groups is 2. The smallest absolute Gasteiger partial charge is 0.341 e. The number of methoxy groups -OCH3 is 2. The summed E-state index contributed by atoms with van der Waals surface area (Å²) in [6.07, 6.45) is 0. The molecule has 0 aliphatic rings. The first kappa shape index (κ1) is 16.3. The first-order valence-electron chi connectivity index (χ1n) is 5.99. The molecule has 2 N–H and O–H groups in total. The van der Waals surface area contributed by atoms with Gasteiger partial charge in [-0.25, -0.2) is 9.59 Å². The Labute approximate surface area is 139 Å². The summed E-state index contributed by atoms with van der Waals surface area (Å²) in [6.45, 7) is 0. The fourth-order valence-corrected chi connectivity index (χ4v) is 2.37. The number of benzene rings is 2. The van der Waals surface area contributed by atoms with Crippen molar-refractivity contribution in [3.63, 3.8) is 0 Å². The van der Waals surface area contributed by atoms with E-state index in [9.17, 15) is 9.59 Å². The molecule has 0 saturated heterocycles. The number of hydrogen-bond donors (Lipinski definition) is 1. The third-order valence-corrected chi connectivity index (χ3v) is 3.53. The number of hydrogen-bond acceptors (Lipinski definition) is 7. The minimum Gasteiger partial charge on any atom is -0.465 e. The Bertz CT molecular complexity index is 682. The van der Waals surface area contributed by atoms with Crippen molar-refractivity contribution in [1.29, 1.82) is 0 Å². The Kier molecular flexibility index (Phi) is 5.03. The standard InChI is InChI=1S/C14H12INO6/c1-19-13(17)9-3-8-6-12(22-16)10(14(18)20-2)4-7(8)5-11(9)21-15/h3-6H,16H2,1-2H3. The fourth-order valence-electron chi connectivity index (χ4n) is 2.01. The molecule has 0 spiro atoms. The number of nitrogens with two attached hydrogens (primary N) is 1. The fraction of sp³-hybridized carbons (Fsp3) is 0.143. The zero-order valence-electron chi connectivity index (χ0n) is 11.7. The quantitative estimate of drug-likeness (QED) is 0.464. The predicted octanol–water partition coefficient (Wildman–Crippen LogP) is 2.39. The van der Waals surface area contributed by atoms with Gasteiger partial charge in [0.1, 0.15) is 16.9 Å². The molecule has 2 aromatic rings. The van der Waals surface area contributed by atoms with Crippen molar-refractivity contribution < 1.29 is 27.0 Å². The van der Waals surface area contributed by atoms with Gasteiger partial charge >= 0.3 is 11.9 Å². The average Bonchev–Trinajstić information content (AvgIpc) is 2.57. The lowest BCUT2D eigenvalue weighted by molar-refractivity contribution is 0.0588. The van der Waals surface area contributed by atoms with E-state index in [1.165, 1.54) is 20.3 Å². The maximum Gasteiger partial charge on any atom is 0.341 e. The SMILES string of the molecule is COC(=O)c1cc2cc(OI)c(C(=O)OC)cc2cc1ON. The molecule has 8 heteroatoms. The summed E-state index contributed by atoms with van der Waals surface area (Å²) in [6, 6.07) is 6.26. The van der Waals surface area contributed by atoms with Crippen LogP contribution >= 0.6 is 23.0 Å². The molecular formula is C14H12INO6. The van der Waals surface area contributed by atoms with Crippen LogP contribution in [0.15, 0.2) is 24.3 Å². The zero-order chi connectivity index (χ0) is 16.3. The van der Waals surface area contributed by atoms with Gasteiger partial charge < -0.3 is 17.4 Å². The van der Waals surface area contributed by atoms with Crippen molar-refractivity contribution >= 4 is 45.7 Å². The summed E-state index contributed by atoms with van der Waals surface area (Å²) in [5.41, 5.74) is 0.418. The summed E-state index contributed by atoms with van der Waals surface area (Å²) in [7, 11) is 2.53. The molecule has 0 saturated carbocycles. The topological polar surface area (TPSA) is 97.1 Å². The number of carbonyl (C=O) groups excluding carboxylic acids is 2. The minimum absolute atomic E-state index is 0.137. The highest BCUT2D eigenvalue weighted by Crippen LogP contribution is 2.32. The van der Waals surface area contributed by atoms with Crippen molar-refractivity contribution in [2.45, 2.75) is 0 Å². The van der Waals surface area contributed by atoms with E-state index in [2.05, 4.69) is 4.74 Å². The number of esters is 2. The molecule has 22 heavy (non-hydrogen) atoms. The maximum atomic E-state index is 11.8. The maximum absolute atomic E-state index is 11.8. The lowest BCUT2D eigenvalue weighted by atomic mass is 10.0. The van der Waals surface area contributed by atoms with Gasteiger partial charge in [0.2, 0.25) is 0 Å². The molecule has 2 rings (SSSR count). The largest absolute Gasteiger partial charge is 0.465 e. The first-order chi connectivity index (χ1) is 10.5. The van der Waals surface area contributed by atoms with Crippen LogP contribution < -0.4 is 13.8 Å². The molecule has 0 heterocycles. The van der Waals surface area contributed by atoms with E-state index < -0.39 is 11.9 Å². The normalized spacial score (nSPS) is 10.2. The van der Waals surface area contributed by atoms with E-state index in [4.69, 9.17) is 18.5 Å². The summed E-state index contributed by atoms with van der Waals surface area (Å²) in [4.78, 5) is 28.2. The van der Waals surface area contributed by atoms with Gasteiger partial charge in [0.25, 0.3) is 0 Å². The van der Waals surface area contributed by atoms with Crippen LogP contribution in [0.1, 0.15) is 20.7 Å². The van der Waals surface area contributed by atoms with Gasteiger partial charge in [-0.3, -0.25) is 0 Å². The Morgan fingerprint density at radius 3 is 1.77 bits per heavy atom. The summed E-state index contributed by atoms with van der Waals surface area (Å²) in [5.74, 6) is 4.52. The number of fused-ring (bicyclic) bond motifs is 1. The first-order valence-corrected chi connectivity index (χ1v) is 6.87. The van der Waals surface area contributed by atoms with E-state index in [-0.39, 0.29) is 16.9 Å². The van der Waals surface area contributed by atoms with Crippen molar-refractivity contribution in [3.8, 4) is 11.5 Å². The molecule has 0 aliphatic heterocycles. The molecule has 0 radical (unpaired) electrons. The van der Waals surface area contributed by atoms with E-state index in [0.717, 1.165) is 0 Å².